The predicted octanol–water partition coefficient (Wildman–Crippen LogP) is 3.67. The lowest BCUT2D eigenvalue weighted by molar-refractivity contribution is -0.116. The van der Waals surface area contributed by atoms with Gasteiger partial charge in [0.25, 0.3) is 5.56 Å². The number of rotatable bonds is 6. The van der Waals surface area contributed by atoms with Crippen molar-refractivity contribution >= 4 is 45.0 Å². The maximum Gasteiger partial charge on any atom is 0.337 e. The molecule has 7 nitrogen and oxygen atoms in total. The number of anilines is 1. The van der Waals surface area contributed by atoms with Gasteiger partial charge in [-0.1, -0.05) is 30.8 Å². The van der Waals surface area contributed by atoms with Crippen LogP contribution < -0.4 is 16.6 Å². The lowest BCUT2D eigenvalue weighted by Crippen LogP contribution is -2.40. The number of aryl methyl sites for hydroxylation is 1. The minimum Gasteiger partial charge on any atom is -0.325 e. The quantitative estimate of drug-likeness (QED) is 0.435. The molecule has 32 heavy (non-hydrogen) atoms. The van der Waals surface area contributed by atoms with Crippen LogP contribution in [0, 0.1) is 5.82 Å². The van der Waals surface area contributed by atoms with Gasteiger partial charge in [-0.15, -0.1) is 11.3 Å². The van der Waals surface area contributed by atoms with Crippen LogP contribution >= 0.6 is 23.1 Å². The molecule has 4 aromatic rings. The van der Waals surface area contributed by atoms with Crippen LogP contribution in [-0.4, -0.2) is 26.3 Å². The van der Waals surface area contributed by atoms with Crippen molar-refractivity contribution < 1.29 is 9.18 Å². The standard InChI is InChI=1S/C22H19FN4O3S2/c1-3-13-4-10-16(11-5-13)27-20(29)18-19(25-21(31-2)32-18)26(22(27)30)12-17(28)24-15-8-6-14(23)7-9-15/h4-11H,3,12H2,1-2H3,(H,24,28). The third-order valence-corrected chi connectivity index (χ3v) is 6.89. The fourth-order valence-electron chi connectivity index (χ4n) is 3.23. The summed E-state index contributed by atoms with van der Waals surface area (Å²) in [5.74, 6) is -0.917. The number of carbonyl (C=O) groups excluding carboxylic acids is 1. The average molecular weight is 471 g/mol. The van der Waals surface area contributed by atoms with Gasteiger partial charge in [0, 0.05) is 5.69 Å². The Morgan fingerprint density at radius 3 is 2.44 bits per heavy atom. The summed E-state index contributed by atoms with van der Waals surface area (Å²) in [5, 5.41) is 2.64. The van der Waals surface area contributed by atoms with Crippen molar-refractivity contribution in [1.29, 1.82) is 0 Å². The zero-order valence-electron chi connectivity index (χ0n) is 17.3. The third-order valence-electron chi connectivity index (χ3n) is 4.87. The predicted molar refractivity (Wildman–Crippen MR) is 126 cm³/mol. The summed E-state index contributed by atoms with van der Waals surface area (Å²) in [7, 11) is 0. The first-order chi connectivity index (χ1) is 15.4. The van der Waals surface area contributed by atoms with Crippen molar-refractivity contribution in [3.05, 3.63) is 80.7 Å². The number of carbonyl (C=O) groups is 1. The van der Waals surface area contributed by atoms with Crippen LogP contribution in [0.2, 0.25) is 0 Å². The SMILES string of the molecule is CCc1ccc(-n2c(=O)c3sc(SC)nc3n(CC(=O)Nc3ccc(F)cc3)c2=O)cc1. The number of aromatic nitrogens is 3. The first-order valence-electron chi connectivity index (χ1n) is 9.76. The molecule has 2 aromatic carbocycles. The first kappa shape index (κ1) is 22.0. The van der Waals surface area contributed by atoms with Crippen LogP contribution in [0.15, 0.2) is 62.5 Å². The molecule has 0 spiro atoms. The smallest absolute Gasteiger partial charge is 0.325 e. The summed E-state index contributed by atoms with van der Waals surface area (Å²) in [6, 6.07) is 12.5. The third kappa shape index (κ3) is 4.23. The number of amides is 1. The monoisotopic (exact) mass is 470 g/mol. The Kier molecular flexibility index (Phi) is 6.24. The molecule has 0 unspecified atom stereocenters. The van der Waals surface area contributed by atoms with Gasteiger partial charge in [-0.3, -0.25) is 14.2 Å². The van der Waals surface area contributed by atoms with Crippen LogP contribution in [0.5, 0.6) is 0 Å². The van der Waals surface area contributed by atoms with Crippen LogP contribution in [0.3, 0.4) is 0 Å². The van der Waals surface area contributed by atoms with E-state index >= 15 is 0 Å². The highest BCUT2D eigenvalue weighted by atomic mass is 32.2. The van der Waals surface area contributed by atoms with E-state index in [1.807, 2.05) is 25.3 Å². The van der Waals surface area contributed by atoms with E-state index in [4.69, 9.17) is 0 Å². The minimum absolute atomic E-state index is 0.171. The van der Waals surface area contributed by atoms with Gasteiger partial charge in [0.05, 0.1) is 5.69 Å². The molecule has 164 valence electrons. The molecule has 0 bridgehead atoms. The van der Waals surface area contributed by atoms with Crippen LogP contribution in [0.1, 0.15) is 12.5 Å². The summed E-state index contributed by atoms with van der Waals surface area (Å²) in [6.45, 7) is 1.67. The molecule has 2 heterocycles. The molecule has 0 saturated heterocycles. The Morgan fingerprint density at radius 2 is 1.81 bits per heavy atom. The fraction of sp³-hybridized carbons (Fsp3) is 0.182. The van der Waals surface area contributed by atoms with Crippen molar-refractivity contribution in [2.45, 2.75) is 24.2 Å². The second-order valence-corrected chi connectivity index (χ2v) is 8.97. The van der Waals surface area contributed by atoms with Crippen molar-refractivity contribution in [3.63, 3.8) is 0 Å². The highest BCUT2D eigenvalue weighted by molar-refractivity contribution is 8.00. The maximum atomic E-state index is 13.3. The number of thiazole rings is 1. The summed E-state index contributed by atoms with van der Waals surface area (Å²) < 4.78 is 16.3. The molecular weight excluding hydrogens is 451 g/mol. The van der Waals surface area contributed by atoms with E-state index < -0.39 is 23.0 Å². The van der Waals surface area contributed by atoms with Crippen molar-refractivity contribution in [1.82, 2.24) is 14.1 Å². The second kappa shape index (κ2) is 9.09. The molecule has 0 aliphatic heterocycles. The van der Waals surface area contributed by atoms with E-state index in [0.29, 0.717) is 20.4 Å². The molecule has 1 amide bonds. The molecule has 0 aliphatic carbocycles. The Labute approximate surface area is 190 Å². The number of halogens is 1. The molecule has 4 rings (SSSR count). The largest absolute Gasteiger partial charge is 0.337 e. The Morgan fingerprint density at radius 1 is 1.12 bits per heavy atom. The normalized spacial score (nSPS) is 11.1. The number of hydrogen-bond donors (Lipinski definition) is 1. The molecule has 0 aliphatic rings. The van der Waals surface area contributed by atoms with Gasteiger partial charge in [0.15, 0.2) is 9.99 Å². The molecule has 1 N–H and O–H groups in total. The van der Waals surface area contributed by atoms with E-state index in [1.165, 1.54) is 51.9 Å². The molecule has 2 aromatic heterocycles. The maximum absolute atomic E-state index is 13.3. The van der Waals surface area contributed by atoms with Crippen LogP contribution in [0.4, 0.5) is 10.1 Å². The molecule has 0 radical (unpaired) electrons. The number of benzene rings is 2. The van der Waals surface area contributed by atoms with Gasteiger partial charge in [0.1, 0.15) is 17.1 Å². The summed E-state index contributed by atoms with van der Waals surface area (Å²) >= 11 is 2.54. The summed E-state index contributed by atoms with van der Waals surface area (Å²) in [4.78, 5) is 43.6. The fourth-order valence-corrected chi connectivity index (χ4v) is 4.72. The Hall–Kier alpha value is -3.24. The summed E-state index contributed by atoms with van der Waals surface area (Å²) in [5.41, 5.74) is 0.939. The van der Waals surface area contributed by atoms with E-state index in [2.05, 4.69) is 10.3 Å². The van der Waals surface area contributed by atoms with Crippen molar-refractivity contribution in [2.75, 3.05) is 11.6 Å². The zero-order chi connectivity index (χ0) is 22.8. The zero-order valence-corrected chi connectivity index (χ0v) is 18.9. The van der Waals surface area contributed by atoms with Crippen molar-refractivity contribution in [3.8, 4) is 5.69 Å². The van der Waals surface area contributed by atoms with Gasteiger partial charge >= 0.3 is 5.69 Å². The van der Waals surface area contributed by atoms with Crippen molar-refractivity contribution in [2.24, 2.45) is 0 Å². The van der Waals surface area contributed by atoms with Gasteiger partial charge in [0.2, 0.25) is 5.91 Å². The first-order valence-corrected chi connectivity index (χ1v) is 11.8. The lowest BCUT2D eigenvalue weighted by atomic mass is 10.1. The number of fused-ring (bicyclic) bond motifs is 1. The number of thioether (sulfide) groups is 1. The topological polar surface area (TPSA) is 86.0 Å². The Bertz CT molecular complexity index is 1410. The molecule has 10 heteroatoms. The number of nitrogens with zero attached hydrogens (tertiary/aromatic N) is 3. The van der Waals surface area contributed by atoms with Gasteiger partial charge in [-0.2, -0.15) is 0 Å². The van der Waals surface area contributed by atoms with Gasteiger partial charge < -0.3 is 5.32 Å². The number of hydrogen-bond acceptors (Lipinski definition) is 6. The second-order valence-electron chi connectivity index (χ2n) is 6.92. The van der Waals surface area contributed by atoms with Crippen LogP contribution in [0.25, 0.3) is 16.0 Å². The van der Waals surface area contributed by atoms with E-state index in [0.717, 1.165) is 16.6 Å². The lowest BCUT2D eigenvalue weighted by Gasteiger charge is -2.12. The molecule has 0 atom stereocenters. The van der Waals surface area contributed by atoms with E-state index in [9.17, 15) is 18.8 Å². The Balaban J connectivity index is 1.82. The van der Waals surface area contributed by atoms with E-state index in [1.54, 1.807) is 12.1 Å². The van der Waals surface area contributed by atoms with Crippen LogP contribution in [-0.2, 0) is 17.8 Å². The minimum atomic E-state index is -0.654. The highest BCUT2D eigenvalue weighted by Gasteiger charge is 2.20. The number of nitrogens with one attached hydrogen (secondary N) is 1. The molecular formula is C22H19FN4O3S2. The van der Waals surface area contributed by atoms with E-state index in [-0.39, 0.29) is 12.2 Å². The molecule has 0 saturated carbocycles. The van der Waals surface area contributed by atoms with Gasteiger partial charge in [-0.25, -0.2) is 18.7 Å². The average Bonchev–Trinajstić information content (AvgIpc) is 3.24. The van der Waals surface area contributed by atoms with Gasteiger partial charge in [-0.05, 0) is 54.6 Å². The molecule has 0 fully saturated rings. The highest BCUT2D eigenvalue weighted by Crippen LogP contribution is 2.25. The summed E-state index contributed by atoms with van der Waals surface area (Å²) in [6.07, 6.45) is 2.65.